The van der Waals surface area contributed by atoms with Crippen LogP contribution >= 0.6 is 0 Å². The molecule has 0 spiro atoms. The van der Waals surface area contributed by atoms with Crippen molar-refractivity contribution in [3.63, 3.8) is 0 Å². The molecule has 96 valence electrons. The molecule has 0 aliphatic rings. The van der Waals surface area contributed by atoms with Crippen LogP contribution in [0.4, 0.5) is 11.8 Å². The minimum absolute atomic E-state index is 0.0503. The Morgan fingerprint density at radius 1 is 1.33 bits per heavy atom. The highest BCUT2D eigenvalue weighted by molar-refractivity contribution is 5.70. The molecular formula is C12H18N6. The van der Waals surface area contributed by atoms with Crippen molar-refractivity contribution in [2.75, 3.05) is 11.5 Å². The lowest BCUT2D eigenvalue weighted by Crippen LogP contribution is -2.15. The molecule has 6 heteroatoms. The van der Waals surface area contributed by atoms with E-state index in [1.165, 1.54) is 0 Å². The third kappa shape index (κ3) is 2.13. The van der Waals surface area contributed by atoms with Crippen molar-refractivity contribution in [1.29, 1.82) is 0 Å². The lowest BCUT2D eigenvalue weighted by atomic mass is 9.86. The lowest BCUT2D eigenvalue weighted by Gasteiger charge is -2.19. The Hall–Kier alpha value is -2.11. The van der Waals surface area contributed by atoms with Crippen molar-refractivity contribution in [3.05, 3.63) is 18.0 Å². The third-order valence-corrected chi connectivity index (χ3v) is 3.30. The number of nitrogens with zero attached hydrogens (tertiary/aromatic N) is 3. The first kappa shape index (κ1) is 12.3. The molecule has 0 bridgehead atoms. The van der Waals surface area contributed by atoms with Crippen molar-refractivity contribution in [1.82, 2.24) is 20.2 Å². The maximum absolute atomic E-state index is 5.82. The molecule has 2 rings (SSSR count). The van der Waals surface area contributed by atoms with E-state index in [1.807, 2.05) is 6.07 Å². The normalized spacial score (nSPS) is 11.7. The Kier molecular flexibility index (Phi) is 2.94. The summed E-state index contributed by atoms with van der Waals surface area (Å²) in [7, 11) is 0. The third-order valence-electron chi connectivity index (χ3n) is 3.30. The summed E-state index contributed by atoms with van der Waals surface area (Å²) >= 11 is 0. The fourth-order valence-corrected chi connectivity index (χ4v) is 1.60. The number of nitrogen functional groups attached to an aromatic ring is 2. The van der Waals surface area contributed by atoms with Crippen molar-refractivity contribution >= 4 is 11.8 Å². The molecule has 0 saturated heterocycles. The van der Waals surface area contributed by atoms with E-state index in [-0.39, 0.29) is 11.4 Å². The van der Waals surface area contributed by atoms with Crippen LogP contribution in [0.1, 0.15) is 32.9 Å². The summed E-state index contributed by atoms with van der Waals surface area (Å²) in [5, 5.41) is 7.31. The highest BCUT2D eigenvalue weighted by atomic mass is 15.1. The highest BCUT2D eigenvalue weighted by Gasteiger charge is 2.21. The molecule has 0 saturated carbocycles. The molecule has 5 N–H and O–H groups in total. The number of H-pyrrole nitrogens is 1. The minimum Gasteiger partial charge on any atom is -0.383 e. The molecular weight excluding hydrogens is 228 g/mol. The standard InChI is InChI=1S/C12H18N6/c1-4-12(2,3)9-5-8(17-18-9)7-6-15-11(14)16-10(7)13/h5-6H,4H2,1-3H3,(H,17,18)(H4,13,14,15,16). The zero-order valence-corrected chi connectivity index (χ0v) is 10.9. The monoisotopic (exact) mass is 246 g/mol. The van der Waals surface area contributed by atoms with Gasteiger partial charge in [-0.3, -0.25) is 5.10 Å². The van der Waals surface area contributed by atoms with Crippen molar-refractivity contribution < 1.29 is 0 Å². The summed E-state index contributed by atoms with van der Waals surface area (Å²) in [5.74, 6) is 0.510. The van der Waals surface area contributed by atoms with E-state index in [0.717, 1.165) is 17.8 Å². The number of hydrogen-bond donors (Lipinski definition) is 3. The predicted molar refractivity (Wildman–Crippen MR) is 71.8 cm³/mol. The van der Waals surface area contributed by atoms with Gasteiger partial charge in [-0.2, -0.15) is 10.1 Å². The van der Waals surface area contributed by atoms with E-state index in [4.69, 9.17) is 11.5 Å². The largest absolute Gasteiger partial charge is 0.383 e. The SMILES string of the molecule is CCC(C)(C)c1cc(-c2cnc(N)nc2N)n[nH]1. The van der Waals surface area contributed by atoms with Gasteiger partial charge >= 0.3 is 0 Å². The summed E-state index contributed by atoms with van der Waals surface area (Å²) in [6, 6.07) is 1.98. The zero-order valence-electron chi connectivity index (χ0n) is 10.9. The van der Waals surface area contributed by atoms with Crippen LogP contribution < -0.4 is 11.5 Å². The predicted octanol–water partition coefficient (Wildman–Crippen LogP) is 1.72. The van der Waals surface area contributed by atoms with E-state index in [1.54, 1.807) is 6.20 Å². The second kappa shape index (κ2) is 4.29. The number of aromatic amines is 1. The molecule has 0 atom stereocenters. The van der Waals surface area contributed by atoms with Gasteiger partial charge in [-0.1, -0.05) is 20.8 Å². The van der Waals surface area contributed by atoms with Crippen LogP contribution in [0, 0.1) is 0 Å². The summed E-state index contributed by atoms with van der Waals surface area (Å²) in [5.41, 5.74) is 13.8. The molecule has 0 aromatic carbocycles. The molecule has 0 aliphatic carbocycles. The van der Waals surface area contributed by atoms with E-state index in [0.29, 0.717) is 11.4 Å². The molecule has 2 heterocycles. The number of nitrogens with one attached hydrogen (secondary N) is 1. The van der Waals surface area contributed by atoms with Gasteiger partial charge in [0.15, 0.2) is 0 Å². The van der Waals surface area contributed by atoms with Gasteiger partial charge in [0.1, 0.15) is 5.82 Å². The van der Waals surface area contributed by atoms with Crippen LogP contribution in [0.5, 0.6) is 0 Å². The summed E-state index contributed by atoms with van der Waals surface area (Å²) in [6.07, 6.45) is 2.61. The maximum Gasteiger partial charge on any atom is 0.221 e. The minimum atomic E-state index is 0.0503. The van der Waals surface area contributed by atoms with E-state index < -0.39 is 0 Å². The van der Waals surface area contributed by atoms with E-state index >= 15 is 0 Å². The Balaban J connectivity index is 2.41. The van der Waals surface area contributed by atoms with Gasteiger partial charge in [0.25, 0.3) is 0 Å². The maximum atomic E-state index is 5.82. The second-order valence-corrected chi connectivity index (χ2v) is 4.93. The van der Waals surface area contributed by atoms with Gasteiger partial charge in [0.2, 0.25) is 5.95 Å². The number of rotatable bonds is 3. The molecule has 0 fully saturated rings. The van der Waals surface area contributed by atoms with Gasteiger partial charge in [-0.15, -0.1) is 0 Å². The number of aromatic nitrogens is 4. The van der Waals surface area contributed by atoms with Crippen LogP contribution in [0.25, 0.3) is 11.3 Å². The molecule has 2 aromatic heterocycles. The van der Waals surface area contributed by atoms with Crippen molar-refractivity contribution in [2.24, 2.45) is 0 Å². The average molecular weight is 246 g/mol. The van der Waals surface area contributed by atoms with Gasteiger partial charge in [0, 0.05) is 17.3 Å². The fraction of sp³-hybridized carbons (Fsp3) is 0.417. The Morgan fingerprint density at radius 3 is 2.67 bits per heavy atom. The van der Waals surface area contributed by atoms with Gasteiger partial charge in [-0.25, -0.2) is 4.98 Å². The van der Waals surface area contributed by atoms with Crippen molar-refractivity contribution in [3.8, 4) is 11.3 Å². The van der Waals surface area contributed by atoms with Gasteiger partial charge < -0.3 is 11.5 Å². The Bertz CT molecular complexity index is 557. The first-order valence-electron chi connectivity index (χ1n) is 5.88. The summed E-state index contributed by atoms with van der Waals surface area (Å²) < 4.78 is 0. The smallest absolute Gasteiger partial charge is 0.221 e. The average Bonchev–Trinajstić information content (AvgIpc) is 2.79. The van der Waals surface area contributed by atoms with Gasteiger partial charge in [-0.05, 0) is 12.5 Å². The van der Waals surface area contributed by atoms with Crippen LogP contribution in [-0.4, -0.2) is 20.2 Å². The van der Waals surface area contributed by atoms with Crippen LogP contribution in [0.15, 0.2) is 12.3 Å². The first-order valence-corrected chi connectivity index (χ1v) is 5.88. The molecule has 0 amide bonds. The fourth-order valence-electron chi connectivity index (χ4n) is 1.60. The Morgan fingerprint density at radius 2 is 2.06 bits per heavy atom. The van der Waals surface area contributed by atoms with E-state index in [9.17, 15) is 0 Å². The quantitative estimate of drug-likeness (QED) is 0.764. The van der Waals surface area contributed by atoms with Crippen LogP contribution in [0.3, 0.4) is 0 Å². The molecule has 18 heavy (non-hydrogen) atoms. The highest BCUT2D eigenvalue weighted by Crippen LogP contribution is 2.29. The van der Waals surface area contributed by atoms with Crippen molar-refractivity contribution in [2.45, 2.75) is 32.6 Å². The Labute approximate surface area is 106 Å². The topological polar surface area (TPSA) is 106 Å². The number of nitrogens with two attached hydrogens (primary N) is 2. The number of hydrogen-bond acceptors (Lipinski definition) is 5. The summed E-state index contributed by atoms with van der Waals surface area (Å²) in [6.45, 7) is 6.46. The van der Waals surface area contributed by atoms with Gasteiger partial charge in [0.05, 0.1) is 11.3 Å². The second-order valence-electron chi connectivity index (χ2n) is 4.93. The molecule has 0 radical (unpaired) electrons. The first-order chi connectivity index (χ1) is 8.44. The lowest BCUT2D eigenvalue weighted by molar-refractivity contribution is 0.489. The molecule has 2 aromatic rings. The zero-order chi connectivity index (χ0) is 13.3. The van der Waals surface area contributed by atoms with Crippen LogP contribution in [-0.2, 0) is 5.41 Å². The molecule has 6 nitrogen and oxygen atoms in total. The molecule has 0 unspecified atom stereocenters. The van der Waals surface area contributed by atoms with Crippen LogP contribution in [0.2, 0.25) is 0 Å². The van der Waals surface area contributed by atoms with E-state index in [2.05, 4.69) is 40.9 Å². The summed E-state index contributed by atoms with van der Waals surface area (Å²) in [4.78, 5) is 7.87. The molecule has 0 aliphatic heterocycles. The number of anilines is 2.